The molecule has 0 fully saturated rings. The Bertz CT molecular complexity index is 831. The van der Waals surface area contributed by atoms with Crippen LogP contribution >= 0.6 is 11.3 Å². The smallest absolute Gasteiger partial charge is 0.230 e. The molecule has 1 N–H and O–H groups in total. The van der Waals surface area contributed by atoms with Crippen molar-refractivity contribution in [1.29, 1.82) is 0 Å². The van der Waals surface area contributed by atoms with Crippen molar-refractivity contribution in [2.24, 2.45) is 0 Å². The minimum absolute atomic E-state index is 0.134. The van der Waals surface area contributed by atoms with Crippen LogP contribution in [0.5, 0.6) is 0 Å². The summed E-state index contributed by atoms with van der Waals surface area (Å²) in [6.45, 7) is 0. The van der Waals surface area contributed by atoms with Gasteiger partial charge in [0.15, 0.2) is 5.13 Å². The first-order valence-electron chi connectivity index (χ1n) is 6.86. The number of hydrogen-bond donors (Lipinski definition) is 1. The molecule has 3 nitrogen and oxygen atoms in total. The van der Waals surface area contributed by atoms with Gasteiger partial charge in [0.25, 0.3) is 0 Å². The standard InChI is InChI=1S/C17H12F2N2OS/c18-13-6-4-11(5-7-13)8-16(22)21-17-20-15(10-23-17)12-2-1-3-14(19)9-12/h1-7,9-10H,8H2,(H,20,21,22). The van der Waals surface area contributed by atoms with Crippen LogP contribution in [0.1, 0.15) is 5.56 Å². The highest BCUT2D eigenvalue weighted by atomic mass is 32.1. The molecule has 0 saturated carbocycles. The number of rotatable bonds is 4. The fourth-order valence-corrected chi connectivity index (χ4v) is 2.80. The van der Waals surface area contributed by atoms with Crippen LogP contribution < -0.4 is 5.32 Å². The predicted octanol–water partition coefficient (Wildman–Crippen LogP) is 4.27. The van der Waals surface area contributed by atoms with E-state index in [9.17, 15) is 13.6 Å². The first-order chi connectivity index (χ1) is 11.1. The number of thiazole rings is 1. The van der Waals surface area contributed by atoms with Gasteiger partial charge >= 0.3 is 0 Å². The van der Waals surface area contributed by atoms with Crippen LogP contribution in [0.15, 0.2) is 53.9 Å². The lowest BCUT2D eigenvalue weighted by atomic mass is 10.1. The predicted molar refractivity (Wildman–Crippen MR) is 86.2 cm³/mol. The number of nitrogens with zero attached hydrogens (tertiary/aromatic N) is 1. The monoisotopic (exact) mass is 330 g/mol. The lowest BCUT2D eigenvalue weighted by Gasteiger charge is -2.02. The molecule has 116 valence electrons. The summed E-state index contributed by atoms with van der Waals surface area (Å²) in [5.41, 5.74) is 1.97. The molecule has 1 aromatic heterocycles. The van der Waals surface area contributed by atoms with Crippen molar-refractivity contribution in [2.45, 2.75) is 6.42 Å². The fraction of sp³-hybridized carbons (Fsp3) is 0.0588. The zero-order chi connectivity index (χ0) is 16.2. The Morgan fingerprint density at radius 1 is 1.09 bits per heavy atom. The minimum atomic E-state index is -0.339. The second-order valence-electron chi connectivity index (χ2n) is 4.90. The summed E-state index contributed by atoms with van der Waals surface area (Å²) in [6, 6.07) is 11.9. The largest absolute Gasteiger partial charge is 0.302 e. The first kappa shape index (κ1) is 15.3. The molecule has 23 heavy (non-hydrogen) atoms. The molecule has 0 bridgehead atoms. The van der Waals surface area contributed by atoms with Crippen LogP contribution in [-0.4, -0.2) is 10.9 Å². The number of amides is 1. The third kappa shape index (κ3) is 3.98. The summed E-state index contributed by atoms with van der Waals surface area (Å²) in [6.07, 6.45) is 0.134. The van der Waals surface area contributed by atoms with Crippen LogP contribution in [0.4, 0.5) is 13.9 Å². The van der Waals surface area contributed by atoms with Crippen LogP contribution in [-0.2, 0) is 11.2 Å². The lowest BCUT2D eigenvalue weighted by molar-refractivity contribution is -0.115. The second kappa shape index (κ2) is 6.66. The Morgan fingerprint density at radius 3 is 2.61 bits per heavy atom. The van der Waals surface area contributed by atoms with E-state index in [0.29, 0.717) is 22.0 Å². The summed E-state index contributed by atoms with van der Waals surface area (Å²) in [4.78, 5) is 16.2. The molecular formula is C17H12F2N2OS. The average molecular weight is 330 g/mol. The highest BCUT2D eigenvalue weighted by Gasteiger charge is 2.09. The van der Waals surface area contributed by atoms with Crippen molar-refractivity contribution in [3.8, 4) is 11.3 Å². The molecule has 3 rings (SSSR count). The van der Waals surface area contributed by atoms with Crippen molar-refractivity contribution in [3.05, 3.63) is 71.1 Å². The molecule has 0 atom stereocenters. The Labute approximate surface area is 135 Å². The van der Waals surface area contributed by atoms with Crippen LogP contribution in [0.25, 0.3) is 11.3 Å². The highest BCUT2D eigenvalue weighted by Crippen LogP contribution is 2.25. The van der Waals surface area contributed by atoms with E-state index in [1.807, 2.05) is 0 Å². The van der Waals surface area contributed by atoms with E-state index in [1.165, 1.54) is 35.6 Å². The van der Waals surface area contributed by atoms with Gasteiger partial charge < -0.3 is 5.32 Å². The lowest BCUT2D eigenvalue weighted by Crippen LogP contribution is -2.14. The molecule has 3 aromatic rings. The van der Waals surface area contributed by atoms with Gasteiger partial charge in [-0.25, -0.2) is 13.8 Å². The second-order valence-corrected chi connectivity index (χ2v) is 5.76. The normalized spacial score (nSPS) is 10.5. The molecule has 1 amide bonds. The van der Waals surface area contributed by atoms with Crippen molar-refractivity contribution >= 4 is 22.4 Å². The summed E-state index contributed by atoms with van der Waals surface area (Å²) >= 11 is 1.27. The molecule has 0 radical (unpaired) electrons. The molecule has 6 heteroatoms. The molecule has 1 heterocycles. The van der Waals surface area contributed by atoms with E-state index >= 15 is 0 Å². The molecular weight excluding hydrogens is 318 g/mol. The highest BCUT2D eigenvalue weighted by molar-refractivity contribution is 7.14. The van der Waals surface area contributed by atoms with Gasteiger partial charge in [0.1, 0.15) is 11.6 Å². The third-order valence-corrected chi connectivity index (χ3v) is 3.91. The first-order valence-corrected chi connectivity index (χ1v) is 7.74. The summed E-state index contributed by atoms with van der Waals surface area (Å²) < 4.78 is 26.0. The van der Waals surface area contributed by atoms with E-state index in [2.05, 4.69) is 10.3 Å². The zero-order valence-corrected chi connectivity index (χ0v) is 12.7. The maximum Gasteiger partial charge on any atom is 0.230 e. The topological polar surface area (TPSA) is 42.0 Å². The van der Waals surface area contributed by atoms with Gasteiger partial charge in [-0.15, -0.1) is 11.3 Å². The van der Waals surface area contributed by atoms with Gasteiger partial charge in [-0.2, -0.15) is 0 Å². The summed E-state index contributed by atoms with van der Waals surface area (Å²) in [5, 5.41) is 4.88. The SMILES string of the molecule is O=C(Cc1ccc(F)cc1)Nc1nc(-c2cccc(F)c2)cs1. The van der Waals surface area contributed by atoms with Gasteiger partial charge in [0.2, 0.25) is 5.91 Å². The maximum atomic E-state index is 13.2. The fourth-order valence-electron chi connectivity index (χ4n) is 2.06. The number of nitrogens with one attached hydrogen (secondary N) is 1. The number of benzene rings is 2. The molecule has 0 saturated heterocycles. The molecule has 0 aliphatic heterocycles. The van der Waals surface area contributed by atoms with Crippen molar-refractivity contribution < 1.29 is 13.6 Å². The van der Waals surface area contributed by atoms with Gasteiger partial charge in [-0.05, 0) is 29.8 Å². The van der Waals surface area contributed by atoms with Crippen molar-refractivity contribution in [3.63, 3.8) is 0 Å². The molecule has 0 aliphatic carbocycles. The quantitative estimate of drug-likeness (QED) is 0.776. The van der Waals surface area contributed by atoms with Crippen LogP contribution in [0.2, 0.25) is 0 Å². The Kier molecular flexibility index (Phi) is 4.43. The molecule has 0 unspecified atom stereocenters. The Morgan fingerprint density at radius 2 is 1.87 bits per heavy atom. The van der Waals surface area contributed by atoms with Crippen molar-refractivity contribution in [2.75, 3.05) is 5.32 Å². The van der Waals surface area contributed by atoms with E-state index in [4.69, 9.17) is 0 Å². The number of halogens is 2. The minimum Gasteiger partial charge on any atom is -0.302 e. The zero-order valence-electron chi connectivity index (χ0n) is 11.9. The number of carbonyl (C=O) groups excluding carboxylic acids is 1. The number of carbonyl (C=O) groups is 1. The van der Waals surface area contributed by atoms with E-state index in [-0.39, 0.29) is 24.0 Å². The van der Waals surface area contributed by atoms with Gasteiger partial charge in [0, 0.05) is 10.9 Å². The van der Waals surface area contributed by atoms with Crippen LogP contribution in [0.3, 0.4) is 0 Å². The van der Waals surface area contributed by atoms with Gasteiger partial charge in [0.05, 0.1) is 12.1 Å². The Balaban J connectivity index is 1.66. The molecule has 0 aliphatic rings. The van der Waals surface area contributed by atoms with Crippen LogP contribution in [0, 0.1) is 11.6 Å². The molecule has 0 spiro atoms. The van der Waals surface area contributed by atoms with Gasteiger partial charge in [-0.3, -0.25) is 4.79 Å². The average Bonchev–Trinajstić information content (AvgIpc) is 2.98. The van der Waals surface area contributed by atoms with E-state index < -0.39 is 0 Å². The summed E-state index contributed by atoms with van der Waals surface area (Å²) in [7, 11) is 0. The van der Waals surface area contributed by atoms with Gasteiger partial charge in [-0.1, -0.05) is 24.3 Å². The van der Waals surface area contributed by atoms with E-state index in [0.717, 1.165) is 0 Å². The molecule has 2 aromatic carbocycles. The Hall–Kier alpha value is -2.60. The van der Waals surface area contributed by atoms with E-state index in [1.54, 1.807) is 29.6 Å². The maximum absolute atomic E-state index is 13.2. The number of aromatic nitrogens is 1. The number of hydrogen-bond acceptors (Lipinski definition) is 3. The van der Waals surface area contributed by atoms with Crippen molar-refractivity contribution in [1.82, 2.24) is 4.98 Å². The third-order valence-electron chi connectivity index (χ3n) is 3.15. The summed E-state index contributed by atoms with van der Waals surface area (Å²) in [5.74, 6) is -0.914. The number of anilines is 1.